The summed E-state index contributed by atoms with van der Waals surface area (Å²) in [7, 11) is 0. The van der Waals surface area contributed by atoms with Crippen LogP contribution in [0.15, 0.2) is 41.7 Å². The van der Waals surface area contributed by atoms with E-state index in [0.717, 1.165) is 10.4 Å². The minimum absolute atomic E-state index is 0.0282. The Hall–Kier alpha value is -2.78. The molecule has 1 N–H and O–H groups in total. The molecule has 5 rings (SSSR count). The van der Waals surface area contributed by atoms with E-state index < -0.39 is 28.7 Å². The molecular formula is C26H27F3N5O4S2-. The van der Waals surface area contributed by atoms with Crippen LogP contribution in [0.3, 0.4) is 0 Å². The third-order valence-electron chi connectivity index (χ3n) is 7.36. The lowest BCUT2D eigenvalue weighted by atomic mass is 9.83. The van der Waals surface area contributed by atoms with Gasteiger partial charge in [-0.25, -0.2) is 9.97 Å². The number of rotatable bonds is 6. The van der Waals surface area contributed by atoms with E-state index in [1.54, 1.807) is 6.07 Å². The highest BCUT2D eigenvalue weighted by molar-refractivity contribution is 7.79. The highest BCUT2D eigenvalue weighted by Crippen LogP contribution is 2.48. The van der Waals surface area contributed by atoms with Gasteiger partial charge in [0.1, 0.15) is 5.60 Å². The Kier molecular flexibility index (Phi) is 8.08. The maximum absolute atomic E-state index is 13.0. The van der Waals surface area contributed by atoms with Crippen molar-refractivity contribution in [2.45, 2.75) is 68.5 Å². The van der Waals surface area contributed by atoms with Crippen molar-refractivity contribution in [1.82, 2.24) is 25.2 Å². The summed E-state index contributed by atoms with van der Waals surface area (Å²) >= 11 is -0.941. The normalized spacial score (nSPS) is 20.6. The van der Waals surface area contributed by atoms with Gasteiger partial charge >= 0.3 is 6.18 Å². The Bertz CT molecular complexity index is 1390. The largest absolute Gasteiger partial charge is 0.768 e. The van der Waals surface area contributed by atoms with Crippen LogP contribution < -0.4 is 5.32 Å². The molecule has 3 aromatic rings. The molecule has 2 aliphatic rings. The number of aromatic nitrogens is 3. The summed E-state index contributed by atoms with van der Waals surface area (Å²) in [6, 6.07) is 4.74. The van der Waals surface area contributed by atoms with Gasteiger partial charge in [0.05, 0.1) is 23.2 Å². The van der Waals surface area contributed by atoms with Gasteiger partial charge in [0.15, 0.2) is 0 Å². The van der Waals surface area contributed by atoms with Gasteiger partial charge in [-0.2, -0.15) is 13.2 Å². The van der Waals surface area contributed by atoms with Crippen molar-refractivity contribution in [3.05, 3.63) is 69.2 Å². The summed E-state index contributed by atoms with van der Waals surface area (Å²) in [6.07, 6.45) is 1.16. The van der Waals surface area contributed by atoms with Crippen LogP contribution in [0.25, 0.3) is 0 Å². The van der Waals surface area contributed by atoms with E-state index in [0.29, 0.717) is 48.5 Å². The first-order chi connectivity index (χ1) is 18.9. The Morgan fingerprint density at radius 1 is 1.25 bits per heavy atom. The Labute approximate surface area is 235 Å². The zero-order chi connectivity index (χ0) is 28.7. The van der Waals surface area contributed by atoms with Crippen LogP contribution in [-0.4, -0.2) is 53.7 Å². The second-order valence-electron chi connectivity index (χ2n) is 10.0. The van der Waals surface area contributed by atoms with Crippen molar-refractivity contribution >= 4 is 28.3 Å². The summed E-state index contributed by atoms with van der Waals surface area (Å²) in [6.45, 7) is 5.41. The highest BCUT2D eigenvalue weighted by atomic mass is 32.2. The number of likely N-dealkylation sites (tertiary alicyclic amines) is 1. The summed E-state index contributed by atoms with van der Waals surface area (Å²) in [5.74, 6) is -1.39. The molecule has 1 saturated heterocycles. The van der Waals surface area contributed by atoms with E-state index >= 15 is 0 Å². The SMILES string of the molecule is CC1Cc2cc(C(=O)NCc3ccc(S(=O)[O-])cn3)sc2C2(CCN(C(C)c3cnc(C(F)(F)F)nc3)CC2)O1. The smallest absolute Gasteiger partial charge is 0.451 e. The van der Waals surface area contributed by atoms with Gasteiger partial charge in [-0.1, -0.05) is 0 Å². The summed E-state index contributed by atoms with van der Waals surface area (Å²) in [4.78, 5) is 27.9. The molecule has 5 heterocycles. The third-order valence-corrected chi connectivity index (χ3v) is 9.35. The van der Waals surface area contributed by atoms with Crippen molar-refractivity contribution in [2.75, 3.05) is 13.1 Å². The van der Waals surface area contributed by atoms with Gasteiger partial charge in [-0.05, 0) is 68.0 Å². The number of carbonyl (C=O) groups is 1. The van der Waals surface area contributed by atoms with Crippen LogP contribution in [0.5, 0.6) is 0 Å². The Balaban J connectivity index is 1.26. The number of ether oxygens (including phenoxy) is 1. The van der Waals surface area contributed by atoms with E-state index in [9.17, 15) is 26.7 Å². The topological polar surface area (TPSA) is 120 Å². The Morgan fingerprint density at radius 2 is 1.95 bits per heavy atom. The number of carbonyl (C=O) groups excluding carboxylic acids is 1. The lowest BCUT2D eigenvalue weighted by molar-refractivity contribution is -0.145. The predicted octanol–water partition coefficient (Wildman–Crippen LogP) is 4.13. The number of hydrogen-bond donors (Lipinski definition) is 1. The number of halogens is 3. The number of fused-ring (bicyclic) bond motifs is 2. The van der Waals surface area contributed by atoms with Crippen LogP contribution in [0, 0.1) is 0 Å². The number of alkyl halides is 3. The molecule has 40 heavy (non-hydrogen) atoms. The number of pyridine rings is 1. The molecule has 14 heteroatoms. The highest BCUT2D eigenvalue weighted by Gasteiger charge is 2.45. The molecule has 0 saturated carbocycles. The van der Waals surface area contributed by atoms with E-state index in [-0.39, 0.29) is 29.5 Å². The number of nitrogens with one attached hydrogen (secondary N) is 1. The average Bonchev–Trinajstić information content (AvgIpc) is 3.37. The number of amides is 1. The lowest BCUT2D eigenvalue weighted by Crippen LogP contribution is -2.48. The molecule has 1 amide bonds. The number of piperidine rings is 1. The maximum Gasteiger partial charge on any atom is 0.451 e. The zero-order valence-electron chi connectivity index (χ0n) is 21.7. The molecule has 3 unspecified atom stereocenters. The predicted molar refractivity (Wildman–Crippen MR) is 139 cm³/mol. The number of hydrogen-bond acceptors (Lipinski definition) is 9. The van der Waals surface area contributed by atoms with Crippen molar-refractivity contribution < 1.29 is 31.5 Å². The molecule has 0 radical (unpaired) electrons. The van der Waals surface area contributed by atoms with Gasteiger partial charge in [-0.15, -0.1) is 11.3 Å². The standard InChI is InChI=1S/C26H28F3N5O4S2/c1-15-9-17-10-21(23(35)31-13-19-3-4-20(14-30-19)40(36)37)39-22(17)25(38-15)5-7-34(8-6-25)16(2)18-11-32-24(33-12-18)26(27,28)29/h3-4,10-12,14-16H,5-9,13H2,1-2H3,(H,31,35)(H,36,37)/p-1. The minimum Gasteiger partial charge on any atom is -0.768 e. The van der Waals surface area contributed by atoms with Crippen molar-refractivity contribution in [1.29, 1.82) is 0 Å². The molecule has 1 spiro atoms. The summed E-state index contributed by atoms with van der Waals surface area (Å²) in [5.41, 5.74) is 1.71. The van der Waals surface area contributed by atoms with Crippen LogP contribution in [0.4, 0.5) is 13.2 Å². The fourth-order valence-corrected chi connectivity index (χ4v) is 6.88. The maximum atomic E-state index is 13.0. The van der Waals surface area contributed by atoms with Gasteiger partial charge in [-0.3, -0.25) is 18.9 Å². The molecular weight excluding hydrogens is 567 g/mol. The second-order valence-corrected chi connectivity index (χ2v) is 12.0. The summed E-state index contributed by atoms with van der Waals surface area (Å²) in [5, 5.41) is 2.85. The van der Waals surface area contributed by atoms with E-state index in [1.165, 1.54) is 36.0 Å². The van der Waals surface area contributed by atoms with Crippen LogP contribution in [0.1, 0.15) is 69.9 Å². The van der Waals surface area contributed by atoms with Crippen LogP contribution in [0.2, 0.25) is 0 Å². The molecule has 0 bridgehead atoms. The number of thiophene rings is 1. The van der Waals surface area contributed by atoms with Gasteiger partial charge in [0, 0.05) is 53.1 Å². The molecule has 214 valence electrons. The molecule has 0 aliphatic carbocycles. The first-order valence-electron chi connectivity index (χ1n) is 12.7. The van der Waals surface area contributed by atoms with Crippen molar-refractivity contribution in [3.63, 3.8) is 0 Å². The average molecular weight is 595 g/mol. The van der Waals surface area contributed by atoms with Crippen molar-refractivity contribution in [2.24, 2.45) is 0 Å². The zero-order valence-corrected chi connectivity index (χ0v) is 23.4. The molecule has 3 atom stereocenters. The minimum atomic E-state index is -4.58. The van der Waals surface area contributed by atoms with E-state index in [1.807, 2.05) is 19.9 Å². The van der Waals surface area contributed by atoms with Crippen LogP contribution >= 0.6 is 11.3 Å². The molecule has 9 nitrogen and oxygen atoms in total. The number of nitrogens with zero attached hydrogens (tertiary/aromatic N) is 4. The first-order valence-corrected chi connectivity index (χ1v) is 14.6. The first kappa shape index (κ1) is 28.7. The van der Waals surface area contributed by atoms with Crippen LogP contribution in [-0.2, 0) is 40.6 Å². The molecule has 3 aromatic heterocycles. The fraction of sp³-hybridized carbons (Fsp3) is 0.462. The van der Waals surface area contributed by atoms with Gasteiger partial charge in [0.2, 0.25) is 5.82 Å². The second kappa shape index (κ2) is 11.2. The van der Waals surface area contributed by atoms with E-state index in [4.69, 9.17) is 4.74 Å². The Morgan fingerprint density at radius 3 is 2.55 bits per heavy atom. The third kappa shape index (κ3) is 5.96. The molecule has 0 aromatic carbocycles. The molecule has 2 aliphatic heterocycles. The van der Waals surface area contributed by atoms with Crippen molar-refractivity contribution in [3.8, 4) is 0 Å². The summed E-state index contributed by atoms with van der Waals surface area (Å²) < 4.78 is 67.1. The quantitative estimate of drug-likeness (QED) is 0.423. The monoisotopic (exact) mass is 594 g/mol. The lowest BCUT2D eigenvalue weighted by Gasteiger charge is -2.47. The fourth-order valence-electron chi connectivity index (χ4n) is 5.27. The van der Waals surface area contributed by atoms with Gasteiger partial charge in [0.25, 0.3) is 5.91 Å². The van der Waals surface area contributed by atoms with Gasteiger partial charge < -0.3 is 14.6 Å². The van der Waals surface area contributed by atoms with E-state index in [2.05, 4.69) is 25.2 Å². The molecule has 1 fully saturated rings.